The van der Waals surface area contributed by atoms with Crippen molar-refractivity contribution in [1.82, 2.24) is 4.98 Å². The number of aromatic nitrogens is 1. The third kappa shape index (κ3) is 3.23. The van der Waals surface area contributed by atoms with Crippen LogP contribution in [-0.2, 0) is 0 Å². The van der Waals surface area contributed by atoms with E-state index in [1.165, 1.54) is 0 Å². The average Bonchev–Trinajstić information content (AvgIpc) is 2.95. The first kappa shape index (κ1) is 13.6. The minimum absolute atomic E-state index is 0.856. The number of rotatable bonds is 4. The molecule has 0 bridgehead atoms. The molecule has 0 aliphatic carbocycles. The predicted molar refractivity (Wildman–Crippen MR) is 88.6 cm³/mol. The molecule has 1 aromatic heterocycles. The Bertz CT molecular complexity index is 717. The second kappa shape index (κ2) is 5.97. The van der Waals surface area contributed by atoms with Crippen LogP contribution in [0.2, 0.25) is 0 Å². The van der Waals surface area contributed by atoms with Crippen LogP contribution < -0.4 is 10.1 Å². The van der Waals surface area contributed by atoms with E-state index in [4.69, 9.17) is 4.74 Å². The van der Waals surface area contributed by atoms with E-state index in [1.807, 2.05) is 31.2 Å². The molecule has 0 spiro atoms. The van der Waals surface area contributed by atoms with E-state index in [0.29, 0.717) is 0 Å². The van der Waals surface area contributed by atoms with Gasteiger partial charge in [-0.2, -0.15) is 0 Å². The Kier molecular flexibility index (Phi) is 3.88. The molecular formula is C17H16N2OS. The normalized spacial score (nSPS) is 10.4. The van der Waals surface area contributed by atoms with Crippen LogP contribution in [0, 0.1) is 6.92 Å². The molecule has 0 unspecified atom stereocenters. The lowest BCUT2D eigenvalue weighted by Crippen LogP contribution is -1.90. The third-order valence-corrected chi connectivity index (χ3v) is 3.95. The molecule has 21 heavy (non-hydrogen) atoms. The Balaban J connectivity index is 1.74. The summed E-state index contributed by atoms with van der Waals surface area (Å²) in [6.07, 6.45) is 0. The first-order valence-electron chi connectivity index (χ1n) is 6.68. The number of anilines is 2. The fourth-order valence-electron chi connectivity index (χ4n) is 2.06. The van der Waals surface area contributed by atoms with E-state index in [9.17, 15) is 0 Å². The van der Waals surface area contributed by atoms with Gasteiger partial charge in [0.2, 0.25) is 0 Å². The van der Waals surface area contributed by atoms with Gasteiger partial charge < -0.3 is 10.1 Å². The molecule has 1 N–H and O–H groups in total. The SMILES string of the molecule is COc1ccc(Nc2ccc(-c3csc(C)n3)cc2)cc1. The fraction of sp³-hybridized carbons (Fsp3) is 0.118. The number of thiazole rings is 1. The molecule has 2 aromatic carbocycles. The second-order valence-electron chi connectivity index (χ2n) is 4.68. The predicted octanol–water partition coefficient (Wildman–Crippen LogP) is 4.87. The minimum atomic E-state index is 0.856. The summed E-state index contributed by atoms with van der Waals surface area (Å²) in [6.45, 7) is 2.02. The van der Waals surface area contributed by atoms with Crippen LogP contribution >= 0.6 is 11.3 Å². The fourth-order valence-corrected chi connectivity index (χ4v) is 2.68. The van der Waals surface area contributed by atoms with Crippen molar-refractivity contribution >= 4 is 22.7 Å². The summed E-state index contributed by atoms with van der Waals surface area (Å²) in [5, 5.41) is 6.54. The number of hydrogen-bond donors (Lipinski definition) is 1. The van der Waals surface area contributed by atoms with Crippen molar-refractivity contribution < 1.29 is 4.74 Å². The zero-order valence-corrected chi connectivity index (χ0v) is 12.8. The maximum absolute atomic E-state index is 5.15. The van der Waals surface area contributed by atoms with Crippen LogP contribution in [0.5, 0.6) is 5.75 Å². The van der Waals surface area contributed by atoms with Gasteiger partial charge in [-0.25, -0.2) is 4.98 Å². The Morgan fingerprint density at radius 1 is 0.952 bits per heavy atom. The van der Waals surface area contributed by atoms with Crippen molar-refractivity contribution in [3.8, 4) is 17.0 Å². The lowest BCUT2D eigenvalue weighted by atomic mass is 10.1. The molecule has 0 saturated heterocycles. The summed E-state index contributed by atoms with van der Waals surface area (Å²) < 4.78 is 5.15. The Hall–Kier alpha value is -2.33. The Morgan fingerprint density at radius 2 is 1.57 bits per heavy atom. The first-order valence-corrected chi connectivity index (χ1v) is 7.56. The largest absolute Gasteiger partial charge is 0.497 e. The molecule has 0 fully saturated rings. The van der Waals surface area contributed by atoms with Crippen LogP contribution in [0.25, 0.3) is 11.3 Å². The van der Waals surface area contributed by atoms with E-state index < -0.39 is 0 Å². The van der Waals surface area contributed by atoms with Gasteiger partial charge in [0.15, 0.2) is 0 Å². The number of methoxy groups -OCH3 is 1. The van der Waals surface area contributed by atoms with Crippen LogP contribution in [0.1, 0.15) is 5.01 Å². The van der Waals surface area contributed by atoms with Crippen LogP contribution in [0.15, 0.2) is 53.9 Å². The summed E-state index contributed by atoms with van der Waals surface area (Å²) in [7, 11) is 1.67. The highest BCUT2D eigenvalue weighted by atomic mass is 32.1. The number of nitrogens with zero attached hydrogens (tertiary/aromatic N) is 1. The van der Waals surface area contributed by atoms with Gasteiger partial charge in [0.1, 0.15) is 5.75 Å². The minimum Gasteiger partial charge on any atom is -0.497 e. The van der Waals surface area contributed by atoms with Gasteiger partial charge in [-0.3, -0.25) is 0 Å². The molecule has 3 aromatic rings. The van der Waals surface area contributed by atoms with E-state index >= 15 is 0 Å². The first-order chi connectivity index (χ1) is 10.2. The lowest BCUT2D eigenvalue weighted by Gasteiger charge is -2.08. The van der Waals surface area contributed by atoms with Crippen molar-refractivity contribution in [2.24, 2.45) is 0 Å². The molecular weight excluding hydrogens is 280 g/mol. The zero-order valence-electron chi connectivity index (χ0n) is 12.0. The van der Waals surface area contributed by atoms with E-state index in [1.54, 1.807) is 18.4 Å². The highest BCUT2D eigenvalue weighted by Gasteiger charge is 2.02. The van der Waals surface area contributed by atoms with Crippen LogP contribution in [-0.4, -0.2) is 12.1 Å². The average molecular weight is 296 g/mol. The van der Waals surface area contributed by atoms with E-state index in [0.717, 1.165) is 33.4 Å². The van der Waals surface area contributed by atoms with Crippen molar-refractivity contribution in [1.29, 1.82) is 0 Å². The maximum Gasteiger partial charge on any atom is 0.119 e. The number of nitrogens with one attached hydrogen (secondary N) is 1. The number of benzene rings is 2. The third-order valence-electron chi connectivity index (χ3n) is 3.18. The molecule has 106 valence electrons. The van der Waals surface area contributed by atoms with Gasteiger partial charge in [-0.05, 0) is 43.3 Å². The Labute approximate surface area is 128 Å². The molecule has 3 rings (SSSR count). The molecule has 0 amide bonds. The summed E-state index contributed by atoms with van der Waals surface area (Å²) in [5.41, 5.74) is 4.26. The summed E-state index contributed by atoms with van der Waals surface area (Å²) in [5.74, 6) is 0.856. The summed E-state index contributed by atoms with van der Waals surface area (Å²) >= 11 is 1.67. The molecule has 0 atom stereocenters. The monoisotopic (exact) mass is 296 g/mol. The molecule has 1 heterocycles. The van der Waals surface area contributed by atoms with Crippen LogP contribution in [0.3, 0.4) is 0 Å². The molecule has 0 radical (unpaired) electrons. The number of aryl methyl sites for hydroxylation is 1. The standard InChI is InChI=1S/C17H16N2OS/c1-12-18-17(11-21-12)13-3-5-14(6-4-13)19-15-7-9-16(20-2)10-8-15/h3-11,19H,1-2H3. The van der Waals surface area contributed by atoms with Crippen LogP contribution in [0.4, 0.5) is 11.4 Å². The van der Waals surface area contributed by atoms with Gasteiger partial charge in [-0.15, -0.1) is 11.3 Å². The molecule has 0 aliphatic heterocycles. The smallest absolute Gasteiger partial charge is 0.119 e. The molecule has 0 aliphatic rings. The number of hydrogen-bond acceptors (Lipinski definition) is 4. The topological polar surface area (TPSA) is 34.1 Å². The molecule has 3 nitrogen and oxygen atoms in total. The maximum atomic E-state index is 5.15. The second-order valence-corrected chi connectivity index (χ2v) is 5.74. The number of ether oxygens (including phenoxy) is 1. The van der Waals surface area contributed by atoms with E-state index in [-0.39, 0.29) is 0 Å². The summed E-state index contributed by atoms with van der Waals surface area (Å²) in [4.78, 5) is 4.50. The highest BCUT2D eigenvalue weighted by molar-refractivity contribution is 7.09. The van der Waals surface area contributed by atoms with E-state index in [2.05, 4.69) is 39.9 Å². The van der Waals surface area contributed by atoms with Gasteiger partial charge in [0.05, 0.1) is 17.8 Å². The Morgan fingerprint density at radius 3 is 2.10 bits per heavy atom. The van der Waals surface area contributed by atoms with Gasteiger partial charge in [0, 0.05) is 22.3 Å². The lowest BCUT2D eigenvalue weighted by molar-refractivity contribution is 0.415. The molecule has 4 heteroatoms. The quantitative estimate of drug-likeness (QED) is 0.745. The van der Waals surface area contributed by atoms with Crippen molar-refractivity contribution in [2.75, 3.05) is 12.4 Å². The summed E-state index contributed by atoms with van der Waals surface area (Å²) in [6, 6.07) is 16.2. The zero-order chi connectivity index (χ0) is 14.7. The van der Waals surface area contributed by atoms with Gasteiger partial charge in [0.25, 0.3) is 0 Å². The van der Waals surface area contributed by atoms with Gasteiger partial charge >= 0.3 is 0 Å². The van der Waals surface area contributed by atoms with Gasteiger partial charge in [-0.1, -0.05) is 12.1 Å². The highest BCUT2D eigenvalue weighted by Crippen LogP contribution is 2.25. The molecule has 0 saturated carbocycles. The van der Waals surface area contributed by atoms with Crippen molar-refractivity contribution in [3.05, 3.63) is 58.9 Å². The van der Waals surface area contributed by atoms with Crippen molar-refractivity contribution in [3.63, 3.8) is 0 Å². The van der Waals surface area contributed by atoms with Crippen molar-refractivity contribution in [2.45, 2.75) is 6.92 Å².